The van der Waals surface area contributed by atoms with E-state index in [0.29, 0.717) is 30.5 Å². The Kier molecular flexibility index (Phi) is 8.06. The molecule has 1 aliphatic rings. The molecule has 200 valence electrons. The lowest BCUT2D eigenvalue weighted by Crippen LogP contribution is -2.32. The smallest absolute Gasteiger partial charge is 0.274 e. The van der Waals surface area contributed by atoms with Crippen molar-refractivity contribution in [1.82, 2.24) is 14.5 Å². The highest BCUT2D eigenvalue weighted by molar-refractivity contribution is 5.77. The second-order valence-electron chi connectivity index (χ2n) is 9.93. The number of amides is 1. The number of benzene rings is 3. The van der Waals surface area contributed by atoms with E-state index >= 15 is 0 Å². The summed E-state index contributed by atoms with van der Waals surface area (Å²) in [5.41, 5.74) is 4.27. The molecule has 0 spiro atoms. The monoisotopic (exact) mass is 522 g/mol. The summed E-state index contributed by atoms with van der Waals surface area (Å²) in [5, 5.41) is 0.408. The number of nitrogens with zero attached hydrogens (tertiary/aromatic N) is 3. The molecule has 1 N–H and O–H groups in total. The van der Waals surface area contributed by atoms with Crippen molar-refractivity contribution in [2.45, 2.75) is 44.7 Å². The zero-order chi connectivity index (χ0) is 27.2. The first-order chi connectivity index (χ1) is 19.0. The Morgan fingerprint density at radius 3 is 2.33 bits per heavy atom. The zero-order valence-electron chi connectivity index (χ0n) is 22.3. The third kappa shape index (κ3) is 5.87. The van der Waals surface area contributed by atoms with Gasteiger partial charge in [-0.1, -0.05) is 92.2 Å². The molecular weight excluding hydrogens is 488 g/mol. The summed E-state index contributed by atoms with van der Waals surface area (Å²) in [4.78, 5) is 34.3. The van der Waals surface area contributed by atoms with Gasteiger partial charge in [0.05, 0.1) is 19.2 Å². The van der Waals surface area contributed by atoms with E-state index in [9.17, 15) is 9.59 Å². The van der Waals surface area contributed by atoms with E-state index in [1.54, 1.807) is 4.57 Å². The molecule has 0 saturated heterocycles. The van der Waals surface area contributed by atoms with Crippen molar-refractivity contribution in [2.24, 2.45) is 4.99 Å². The number of para-hydroxylation sites is 1. The number of fused-ring (bicyclic) bond motifs is 2. The molecule has 0 saturated carbocycles. The average Bonchev–Trinajstić information content (AvgIpc) is 3.24. The molecule has 0 aliphatic carbocycles. The van der Waals surface area contributed by atoms with Gasteiger partial charge in [0.25, 0.3) is 5.56 Å². The fourth-order valence-corrected chi connectivity index (χ4v) is 5.11. The van der Waals surface area contributed by atoms with Gasteiger partial charge >= 0.3 is 0 Å². The second kappa shape index (κ2) is 12.0. The van der Waals surface area contributed by atoms with Gasteiger partial charge in [-0.05, 0) is 30.0 Å². The van der Waals surface area contributed by atoms with Crippen molar-refractivity contribution >= 4 is 18.2 Å². The van der Waals surface area contributed by atoms with E-state index in [-0.39, 0.29) is 17.5 Å². The molecule has 5 rings (SSSR count). The lowest BCUT2D eigenvalue weighted by Gasteiger charge is -2.29. The number of rotatable bonds is 11. The maximum absolute atomic E-state index is 13.1. The van der Waals surface area contributed by atoms with Crippen LogP contribution >= 0.6 is 0 Å². The number of ether oxygens (including phenoxy) is 1. The van der Waals surface area contributed by atoms with Crippen molar-refractivity contribution in [3.05, 3.63) is 117 Å². The van der Waals surface area contributed by atoms with Crippen LogP contribution in [0.3, 0.4) is 0 Å². The van der Waals surface area contributed by atoms with Gasteiger partial charge in [-0.3, -0.25) is 14.6 Å². The Balaban J connectivity index is 1.10. The molecule has 0 unspecified atom stereocenters. The molecule has 1 aromatic heterocycles. The number of nitrogens with one attached hydrogen (secondary N) is 1. The Morgan fingerprint density at radius 2 is 1.64 bits per heavy atom. The summed E-state index contributed by atoms with van der Waals surface area (Å²) in [7, 11) is 1.90. The summed E-state index contributed by atoms with van der Waals surface area (Å²) in [6.07, 6.45) is 4.19. The number of carbonyl (C=O) groups excluding carboxylic acids is 1. The predicted octanol–water partition coefficient (Wildman–Crippen LogP) is 4.48. The average molecular weight is 523 g/mol. The molecule has 7 nitrogen and oxygen atoms in total. The summed E-state index contributed by atoms with van der Waals surface area (Å²) in [6.45, 7) is 4.95. The van der Waals surface area contributed by atoms with Gasteiger partial charge in [0.1, 0.15) is 16.8 Å². The van der Waals surface area contributed by atoms with Crippen LogP contribution in [0, 0.1) is 0 Å². The fraction of sp³-hybridized carbons (Fsp3) is 0.281. The van der Waals surface area contributed by atoms with Gasteiger partial charge in [-0.2, -0.15) is 0 Å². The number of imidazole rings is 1. The van der Waals surface area contributed by atoms with Crippen molar-refractivity contribution in [3.63, 3.8) is 0 Å². The number of hydrogen-bond donors (Lipinski definition) is 1. The largest absolute Gasteiger partial charge is 0.491 e. The van der Waals surface area contributed by atoms with E-state index in [1.165, 1.54) is 0 Å². The van der Waals surface area contributed by atoms with Crippen LogP contribution in [-0.2, 0) is 11.3 Å². The van der Waals surface area contributed by atoms with Crippen LogP contribution in [0.4, 0.5) is 5.69 Å². The summed E-state index contributed by atoms with van der Waals surface area (Å²) >= 11 is 0. The van der Waals surface area contributed by atoms with Gasteiger partial charge in [0.2, 0.25) is 11.5 Å². The highest BCUT2D eigenvalue weighted by Gasteiger charge is 2.23. The summed E-state index contributed by atoms with van der Waals surface area (Å²) < 4.78 is 7.85. The molecule has 0 bridgehead atoms. The van der Waals surface area contributed by atoms with Crippen LogP contribution in [0.15, 0.2) is 88.6 Å². The Morgan fingerprint density at radius 1 is 0.974 bits per heavy atom. The summed E-state index contributed by atoms with van der Waals surface area (Å²) in [6, 6.07) is 26.1. The van der Waals surface area contributed by atoms with Crippen molar-refractivity contribution in [2.75, 3.05) is 13.7 Å². The van der Waals surface area contributed by atoms with Gasteiger partial charge in [0, 0.05) is 19.0 Å². The first-order valence-electron chi connectivity index (χ1n) is 13.5. The zero-order valence-corrected chi connectivity index (χ0v) is 22.3. The molecule has 0 atom stereocenters. The number of hydrogen-bond acceptors (Lipinski definition) is 4. The Hall–Kier alpha value is -4.39. The van der Waals surface area contributed by atoms with E-state index in [2.05, 4.69) is 40.8 Å². The van der Waals surface area contributed by atoms with Gasteiger partial charge in [-0.25, -0.2) is 4.99 Å². The molecular formula is C32H34N4O3. The van der Waals surface area contributed by atoms with Gasteiger partial charge in [0.15, 0.2) is 0 Å². The quantitative estimate of drug-likeness (QED) is 0.260. The van der Waals surface area contributed by atoms with Crippen LogP contribution in [0.2, 0.25) is 0 Å². The second-order valence-corrected chi connectivity index (χ2v) is 9.93. The van der Waals surface area contributed by atoms with E-state index in [1.807, 2.05) is 66.5 Å². The number of carbonyl (C=O) groups is 1. The lowest BCUT2D eigenvalue weighted by molar-refractivity contribution is -0.131. The SMILES string of the molecule is C=c1c(=O)[nH]c2n1Cc1cccc(OCCCCCCC(=O)N(C)C(c3ccccc3)c3ccccc3)c1N=2. The summed E-state index contributed by atoms with van der Waals surface area (Å²) in [5.74, 6) is 0.866. The van der Waals surface area contributed by atoms with E-state index in [0.717, 1.165) is 53.8 Å². The number of H-pyrrole nitrogens is 1. The van der Waals surface area contributed by atoms with Crippen LogP contribution in [0.25, 0.3) is 6.58 Å². The highest BCUT2D eigenvalue weighted by atomic mass is 16.5. The molecule has 0 fully saturated rings. The van der Waals surface area contributed by atoms with Crippen LogP contribution < -0.4 is 21.3 Å². The molecule has 0 radical (unpaired) electrons. The first-order valence-corrected chi connectivity index (χ1v) is 13.5. The Bertz CT molecular complexity index is 1550. The minimum Gasteiger partial charge on any atom is -0.491 e. The van der Waals surface area contributed by atoms with Crippen LogP contribution in [-0.4, -0.2) is 34.0 Å². The predicted molar refractivity (Wildman–Crippen MR) is 153 cm³/mol. The number of aromatic nitrogens is 2. The minimum absolute atomic E-state index is 0.101. The van der Waals surface area contributed by atoms with Crippen LogP contribution in [0.1, 0.15) is 54.8 Å². The van der Waals surface area contributed by atoms with Gasteiger partial charge in [-0.15, -0.1) is 0 Å². The third-order valence-corrected chi connectivity index (χ3v) is 7.25. The molecule has 1 aliphatic heterocycles. The molecule has 1 amide bonds. The molecule has 2 heterocycles. The topological polar surface area (TPSA) is 79.7 Å². The van der Waals surface area contributed by atoms with E-state index < -0.39 is 0 Å². The Labute approximate surface area is 228 Å². The maximum atomic E-state index is 13.1. The maximum Gasteiger partial charge on any atom is 0.274 e. The van der Waals surface area contributed by atoms with Crippen molar-refractivity contribution in [1.29, 1.82) is 0 Å². The minimum atomic E-state index is -0.218. The van der Waals surface area contributed by atoms with Crippen molar-refractivity contribution < 1.29 is 9.53 Å². The molecule has 39 heavy (non-hydrogen) atoms. The highest BCUT2D eigenvalue weighted by Crippen LogP contribution is 2.33. The van der Waals surface area contributed by atoms with Crippen LogP contribution in [0.5, 0.6) is 5.75 Å². The number of unbranched alkanes of at least 4 members (excludes halogenated alkanes) is 3. The number of aromatic amines is 1. The standard InChI is InChI=1S/C32H34N4O3/c1-23-31(38)34-32-33-29-26(22-36(23)32)18-13-19-27(29)39-21-12-4-3-11-20-28(37)35(2)30(24-14-7-5-8-15-24)25-16-9-6-10-17-25/h5-10,13-19,30H,1,3-4,11-12,20-22H2,2H3,(H,33,34,38). The molecule has 4 aromatic rings. The molecule has 7 heteroatoms. The molecule has 3 aromatic carbocycles. The van der Waals surface area contributed by atoms with Gasteiger partial charge < -0.3 is 14.2 Å². The third-order valence-electron chi connectivity index (χ3n) is 7.25. The normalized spacial score (nSPS) is 11.9. The lowest BCUT2D eigenvalue weighted by atomic mass is 9.97. The first kappa shape index (κ1) is 26.2. The van der Waals surface area contributed by atoms with Crippen molar-refractivity contribution in [3.8, 4) is 5.75 Å². The fourth-order valence-electron chi connectivity index (χ4n) is 5.11. The van der Waals surface area contributed by atoms with E-state index in [4.69, 9.17) is 4.74 Å².